The molecule has 1 aliphatic rings. The third-order valence-corrected chi connectivity index (χ3v) is 3.28. The van der Waals surface area contributed by atoms with Crippen molar-refractivity contribution in [3.63, 3.8) is 0 Å². The topological polar surface area (TPSA) is 71.7 Å². The lowest BCUT2D eigenvalue weighted by Crippen LogP contribution is -2.43. The highest BCUT2D eigenvalue weighted by Crippen LogP contribution is 2.29. The van der Waals surface area contributed by atoms with Crippen LogP contribution < -0.4 is 16.6 Å². The van der Waals surface area contributed by atoms with Gasteiger partial charge in [0.25, 0.3) is 0 Å². The Morgan fingerprint density at radius 3 is 2.71 bits per heavy atom. The molecule has 0 amide bonds. The van der Waals surface area contributed by atoms with Crippen LogP contribution in [-0.4, -0.2) is 32.3 Å². The van der Waals surface area contributed by atoms with Crippen LogP contribution in [-0.2, 0) is 4.74 Å². The summed E-state index contributed by atoms with van der Waals surface area (Å²) in [5, 5.41) is 3.21. The molecule has 0 atom stereocenters. The van der Waals surface area contributed by atoms with E-state index in [1.54, 1.807) is 0 Å². The lowest BCUT2D eigenvalue weighted by Gasteiger charge is -2.32. The maximum atomic E-state index is 5.45. The summed E-state index contributed by atoms with van der Waals surface area (Å²) in [5.41, 5.74) is 2.88. The fourth-order valence-electron chi connectivity index (χ4n) is 1.83. The minimum absolute atomic E-state index is 0.257. The Morgan fingerprint density at radius 1 is 1.41 bits per heavy atom. The van der Waals surface area contributed by atoms with Gasteiger partial charge in [0.05, 0.1) is 0 Å². The first-order chi connectivity index (χ1) is 8.20. The average Bonchev–Trinajstić information content (AvgIpc) is 2.34. The van der Waals surface area contributed by atoms with Crippen LogP contribution in [0.3, 0.4) is 0 Å². The van der Waals surface area contributed by atoms with Gasteiger partial charge in [-0.3, -0.25) is 10.4 Å². The molecule has 1 saturated heterocycles. The number of ether oxygens (including phenoxy) is 1. The molecular weight excluding hydrogens is 216 g/mol. The Labute approximate surface area is 104 Å². The molecule has 5 nitrogen and oxygen atoms in total. The Balaban J connectivity index is 2.36. The van der Waals surface area contributed by atoms with E-state index >= 15 is 0 Å². The largest absolute Gasteiger partial charge is 0.381 e. The van der Waals surface area contributed by atoms with Gasteiger partial charge in [-0.25, -0.2) is 5.84 Å². The van der Waals surface area contributed by atoms with Crippen molar-refractivity contribution in [1.29, 1.82) is 0 Å². The van der Waals surface area contributed by atoms with Crippen LogP contribution in [0.4, 0.5) is 0 Å². The van der Waals surface area contributed by atoms with E-state index in [1.165, 1.54) is 6.42 Å². The van der Waals surface area contributed by atoms with E-state index in [-0.39, 0.29) is 5.41 Å². The highest BCUT2D eigenvalue weighted by Gasteiger charge is 2.26. The number of rotatable bonds is 5. The number of unbranched alkanes of at least 4 members (excludes halogenated alkanes) is 1. The molecule has 0 saturated carbocycles. The van der Waals surface area contributed by atoms with Crippen LogP contribution in [0.25, 0.3) is 0 Å². The summed E-state index contributed by atoms with van der Waals surface area (Å²) in [6.45, 7) is 7.84. The van der Waals surface area contributed by atoms with Gasteiger partial charge in [-0.1, -0.05) is 20.3 Å². The monoisotopic (exact) mass is 242 g/mol. The summed E-state index contributed by atoms with van der Waals surface area (Å²) in [7, 11) is 0. The molecule has 1 heterocycles. The number of hydrogen-bond donors (Lipinski definition) is 3. The fourth-order valence-corrected chi connectivity index (χ4v) is 1.83. The Kier molecular flexibility index (Phi) is 6.29. The molecule has 0 unspecified atom stereocenters. The van der Waals surface area contributed by atoms with Crippen LogP contribution in [0.15, 0.2) is 4.99 Å². The van der Waals surface area contributed by atoms with Gasteiger partial charge in [0, 0.05) is 26.3 Å². The number of aliphatic imine (C=N–C) groups is 1. The summed E-state index contributed by atoms with van der Waals surface area (Å²) in [5.74, 6) is 6.15. The summed E-state index contributed by atoms with van der Waals surface area (Å²) < 4.78 is 5.37. The number of nitrogens with zero attached hydrogens (tertiary/aromatic N) is 1. The van der Waals surface area contributed by atoms with E-state index in [4.69, 9.17) is 10.6 Å². The van der Waals surface area contributed by atoms with Crippen molar-refractivity contribution >= 4 is 5.96 Å². The van der Waals surface area contributed by atoms with Crippen LogP contribution in [0, 0.1) is 5.41 Å². The van der Waals surface area contributed by atoms with E-state index in [9.17, 15) is 0 Å². The zero-order chi connectivity index (χ0) is 12.6. The number of hydrogen-bond acceptors (Lipinski definition) is 3. The highest BCUT2D eigenvalue weighted by atomic mass is 16.5. The summed E-state index contributed by atoms with van der Waals surface area (Å²) in [6, 6.07) is 0. The van der Waals surface area contributed by atoms with Crippen molar-refractivity contribution in [3.05, 3.63) is 0 Å². The molecule has 0 aliphatic carbocycles. The SMILES string of the molecule is CCCCNC(=NCC1(C)CCOCC1)NN. The molecule has 1 fully saturated rings. The summed E-state index contributed by atoms with van der Waals surface area (Å²) >= 11 is 0. The van der Waals surface area contributed by atoms with Gasteiger partial charge in [-0.05, 0) is 24.7 Å². The van der Waals surface area contributed by atoms with E-state index in [2.05, 4.69) is 29.6 Å². The lowest BCUT2D eigenvalue weighted by molar-refractivity contribution is 0.0283. The predicted octanol–water partition coefficient (Wildman–Crippen LogP) is 1.01. The Hall–Kier alpha value is -0.810. The van der Waals surface area contributed by atoms with E-state index < -0.39 is 0 Å². The molecule has 0 aromatic carbocycles. The molecular formula is C12H26N4O. The van der Waals surface area contributed by atoms with Gasteiger partial charge in [0.2, 0.25) is 5.96 Å². The standard InChI is InChI=1S/C12H26N4O/c1-3-4-7-14-11(16-13)15-10-12(2)5-8-17-9-6-12/h3-10,13H2,1-2H3,(H2,14,15,16). The zero-order valence-electron chi connectivity index (χ0n) is 11.1. The fraction of sp³-hybridized carbons (Fsp3) is 0.917. The third kappa shape index (κ3) is 5.37. The predicted molar refractivity (Wildman–Crippen MR) is 70.7 cm³/mol. The first kappa shape index (κ1) is 14.3. The van der Waals surface area contributed by atoms with Crippen molar-refractivity contribution in [2.24, 2.45) is 16.3 Å². The molecule has 5 heteroatoms. The third-order valence-electron chi connectivity index (χ3n) is 3.28. The van der Waals surface area contributed by atoms with E-state index in [0.29, 0.717) is 5.96 Å². The lowest BCUT2D eigenvalue weighted by atomic mass is 9.83. The summed E-state index contributed by atoms with van der Waals surface area (Å²) in [4.78, 5) is 4.52. The molecule has 17 heavy (non-hydrogen) atoms. The Bertz CT molecular complexity index is 237. The van der Waals surface area contributed by atoms with Crippen molar-refractivity contribution in [2.75, 3.05) is 26.3 Å². The Morgan fingerprint density at radius 2 is 2.12 bits per heavy atom. The van der Waals surface area contributed by atoms with Crippen LogP contribution in [0.1, 0.15) is 39.5 Å². The van der Waals surface area contributed by atoms with Gasteiger partial charge < -0.3 is 10.1 Å². The van der Waals surface area contributed by atoms with Gasteiger partial charge >= 0.3 is 0 Å². The number of guanidine groups is 1. The molecule has 0 aromatic heterocycles. The smallest absolute Gasteiger partial charge is 0.205 e. The molecule has 0 spiro atoms. The molecule has 1 rings (SSSR count). The minimum atomic E-state index is 0.257. The van der Waals surface area contributed by atoms with Gasteiger partial charge in [0.1, 0.15) is 0 Å². The second kappa shape index (κ2) is 7.50. The first-order valence-corrected chi connectivity index (χ1v) is 6.53. The number of hydrazine groups is 1. The minimum Gasteiger partial charge on any atom is -0.381 e. The molecule has 100 valence electrons. The average molecular weight is 242 g/mol. The molecule has 4 N–H and O–H groups in total. The van der Waals surface area contributed by atoms with Gasteiger partial charge in [-0.2, -0.15) is 0 Å². The number of nitrogens with one attached hydrogen (secondary N) is 2. The quantitative estimate of drug-likeness (QED) is 0.221. The van der Waals surface area contributed by atoms with Crippen molar-refractivity contribution in [1.82, 2.24) is 10.7 Å². The normalized spacial score (nSPS) is 20.1. The van der Waals surface area contributed by atoms with Gasteiger partial charge in [-0.15, -0.1) is 0 Å². The molecule has 0 bridgehead atoms. The second-order valence-electron chi connectivity index (χ2n) is 5.01. The van der Waals surface area contributed by atoms with E-state index in [1.807, 2.05) is 0 Å². The second-order valence-corrected chi connectivity index (χ2v) is 5.01. The van der Waals surface area contributed by atoms with Crippen LogP contribution in [0.2, 0.25) is 0 Å². The van der Waals surface area contributed by atoms with E-state index in [0.717, 1.165) is 45.6 Å². The van der Waals surface area contributed by atoms with Crippen LogP contribution in [0.5, 0.6) is 0 Å². The molecule has 1 aliphatic heterocycles. The maximum absolute atomic E-state index is 5.45. The molecule has 0 radical (unpaired) electrons. The number of nitrogens with two attached hydrogens (primary N) is 1. The van der Waals surface area contributed by atoms with Crippen molar-refractivity contribution in [3.8, 4) is 0 Å². The van der Waals surface area contributed by atoms with Crippen molar-refractivity contribution < 1.29 is 4.74 Å². The zero-order valence-corrected chi connectivity index (χ0v) is 11.1. The van der Waals surface area contributed by atoms with Gasteiger partial charge in [0.15, 0.2) is 0 Å². The van der Waals surface area contributed by atoms with Crippen molar-refractivity contribution in [2.45, 2.75) is 39.5 Å². The molecule has 0 aromatic rings. The first-order valence-electron chi connectivity index (χ1n) is 6.53. The maximum Gasteiger partial charge on any atom is 0.205 e. The highest BCUT2D eigenvalue weighted by molar-refractivity contribution is 5.79. The van der Waals surface area contributed by atoms with Crippen LogP contribution >= 0.6 is 0 Å². The summed E-state index contributed by atoms with van der Waals surface area (Å²) in [6.07, 6.45) is 4.44.